The summed E-state index contributed by atoms with van der Waals surface area (Å²) in [5, 5.41) is 2.95. The molecule has 0 aliphatic rings. The van der Waals surface area contributed by atoms with Crippen molar-refractivity contribution in [3.8, 4) is 0 Å². The number of rotatable bonds is 2. The summed E-state index contributed by atoms with van der Waals surface area (Å²) in [6, 6.07) is 0. The van der Waals surface area contributed by atoms with Crippen molar-refractivity contribution < 1.29 is 9.59 Å². The third kappa shape index (κ3) is 22.1. The quantitative estimate of drug-likeness (QED) is 0.429. The number of nitrogens with one attached hydrogen (secondary N) is 1. The van der Waals surface area contributed by atoms with E-state index >= 15 is 0 Å². The van der Waals surface area contributed by atoms with Gasteiger partial charge >= 0.3 is 0 Å². The molecule has 0 rings (SSSR count). The minimum Gasteiger partial charge on any atom is -0.332 e. The van der Waals surface area contributed by atoms with Crippen molar-refractivity contribution in [2.24, 2.45) is 0 Å². The summed E-state index contributed by atoms with van der Waals surface area (Å²) in [7, 11) is 0. The molecule has 0 atom stereocenters. The fraction of sp³-hybridized carbons (Fsp3) is 0.900. The molecule has 0 aromatic carbocycles. The van der Waals surface area contributed by atoms with Crippen molar-refractivity contribution in [3.63, 3.8) is 0 Å². The maximum absolute atomic E-state index is 11.6. The fourth-order valence-corrected chi connectivity index (χ4v) is 3.06. The lowest BCUT2D eigenvalue weighted by Gasteiger charge is -2.45. The van der Waals surface area contributed by atoms with Crippen LogP contribution >= 0.6 is 34.8 Å². The highest BCUT2D eigenvalue weighted by atomic mass is 35.5. The Balaban J connectivity index is -0.000000356. The van der Waals surface area contributed by atoms with Crippen LogP contribution in [0.15, 0.2) is 0 Å². The molecule has 27 heavy (non-hydrogen) atoms. The van der Waals surface area contributed by atoms with Gasteiger partial charge in [0, 0.05) is 22.2 Å². The van der Waals surface area contributed by atoms with Crippen LogP contribution in [0.5, 0.6) is 0 Å². The minimum atomic E-state index is -0.508. The van der Waals surface area contributed by atoms with Crippen LogP contribution in [0.2, 0.25) is 0 Å². The summed E-state index contributed by atoms with van der Waals surface area (Å²) in [6.07, 6.45) is 0. The van der Waals surface area contributed by atoms with Gasteiger partial charge in [0.2, 0.25) is 11.1 Å². The Bertz CT molecular complexity index is 414. The molecule has 0 aromatic heterocycles. The molecule has 0 radical (unpaired) electrons. The molecule has 0 fully saturated rings. The highest BCUT2D eigenvalue weighted by Gasteiger charge is 2.34. The molecule has 7 heteroatoms. The second-order valence-corrected chi connectivity index (χ2v) is 11.3. The van der Waals surface area contributed by atoms with Gasteiger partial charge < -0.3 is 10.2 Å². The zero-order valence-electron chi connectivity index (χ0n) is 19.3. The summed E-state index contributed by atoms with van der Waals surface area (Å²) in [5.41, 5.74) is 0.116. The molecule has 0 bridgehead atoms. The molecule has 0 heterocycles. The van der Waals surface area contributed by atoms with Crippen LogP contribution in [-0.4, -0.2) is 50.0 Å². The minimum absolute atomic E-state index is 0.0123. The van der Waals surface area contributed by atoms with Crippen LogP contribution in [0.25, 0.3) is 0 Å². The standard InChI is InChI=1S/C10H20ClNO.C8H19N.C2H2Cl2O/c1-9(2,3)12(8(13)7-11)10(4,5)6;1-7(2,3)9-8(4,5)6;3-1-2(4)5/h7H2,1-6H3;9H,1-6H3;1H2. The lowest BCUT2D eigenvalue weighted by Crippen LogP contribution is -2.56. The van der Waals surface area contributed by atoms with E-state index in [9.17, 15) is 9.59 Å². The van der Waals surface area contributed by atoms with Gasteiger partial charge in [-0.2, -0.15) is 0 Å². The Morgan fingerprint density at radius 1 is 0.704 bits per heavy atom. The van der Waals surface area contributed by atoms with Crippen molar-refractivity contribution in [1.29, 1.82) is 0 Å². The van der Waals surface area contributed by atoms with E-state index in [1.54, 1.807) is 0 Å². The Kier molecular flexibility index (Phi) is 14.7. The summed E-state index contributed by atoms with van der Waals surface area (Å²) in [4.78, 5) is 22.9. The van der Waals surface area contributed by atoms with Crippen LogP contribution in [-0.2, 0) is 9.59 Å². The van der Waals surface area contributed by atoms with Gasteiger partial charge in [0.15, 0.2) is 0 Å². The van der Waals surface area contributed by atoms with Gasteiger partial charge in [0.05, 0.1) is 5.88 Å². The smallest absolute Gasteiger partial charge is 0.238 e. The number of alkyl halides is 2. The first-order valence-corrected chi connectivity index (χ1v) is 10.5. The number of amides is 1. The predicted octanol–water partition coefficient (Wildman–Crippen LogP) is 5.81. The first-order chi connectivity index (χ1) is 11.6. The second kappa shape index (κ2) is 12.5. The molecule has 0 aliphatic heterocycles. The van der Waals surface area contributed by atoms with E-state index in [1.807, 2.05) is 46.4 Å². The lowest BCUT2D eigenvalue weighted by molar-refractivity contribution is -0.139. The van der Waals surface area contributed by atoms with Gasteiger partial charge in [-0.25, -0.2) is 0 Å². The van der Waals surface area contributed by atoms with Gasteiger partial charge in [-0.3, -0.25) is 9.59 Å². The van der Waals surface area contributed by atoms with E-state index in [-0.39, 0.29) is 39.8 Å². The maximum atomic E-state index is 11.6. The molecule has 4 nitrogen and oxygen atoms in total. The van der Waals surface area contributed by atoms with E-state index in [0.717, 1.165) is 0 Å². The van der Waals surface area contributed by atoms with Crippen LogP contribution in [0, 0.1) is 0 Å². The molecule has 0 saturated heterocycles. The third-order valence-corrected chi connectivity index (χ3v) is 3.30. The van der Waals surface area contributed by atoms with Crippen LogP contribution < -0.4 is 5.32 Å². The summed E-state index contributed by atoms with van der Waals surface area (Å²) < 4.78 is 0. The monoisotopic (exact) mass is 446 g/mol. The molecule has 0 spiro atoms. The largest absolute Gasteiger partial charge is 0.332 e. The van der Waals surface area contributed by atoms with Crippen molar-refractivity contribution >= 4 is 46.0 Å². The number of halogens is 3. The number of carbonyl (C=O) groups excluding carboxylic acids is 2. The SMILES string of the molecule is CC(C)(C)N(C(=O)CCl)C(C)(C)C.CC(C)(C)NC(C)(C)C.O=C(Cl)CCl. The van der Waals surface area contributed by atoms with Crippen molar-refractivity contribution in [3.05, 3.63) is 0 Å². The van der Waals surface area contributed by atoms with E-state index in [2.05, 4.69) is 46.9 Å². The van der Waals surface area contributed by atoms with Gasteiger partial charge in [-0.05, 0) is 94.7 Å². The predicted molar refractivity (Wildman–Crippen MR) is 121 cm³/mol. The van der Waals surface area contributed by atoms with Gasteiger partial charge in [0.1, 0.15) is 5.88 Å². The summed E-state index contributed by atoms with van der Waals surface area (Å²) in [6.45, 7) is 25.2. The first kappa shape index (κ1) is 31.7. The normalized spacial score (nSPS) is 12.3. The molecule has 0 saturated carbocycles. The highest BCUT2D eigenvalue weighted by molar-refractivity contribution is 6.67. The third-order valence-electron chi connectivity index (χ3n) is 2.56. The number of carbonyl (C=O) groups is 2. The summed E-state index contributed by atoms with van der Waals surface area (Å²) in [5.74, 6) is -0.0579. The van der Waals surface area contributed by atoms with Crippen LogP contribution in [0.3, 0.4) is 0 Å². The Hall–Kier alpha value is -0.0300. The van der Waals surface area contributed by atoms with E-state index in [1.165, 1.54) is 0 Å². The van der Waals surface area contributed by atoms with Gasteiger partial charge in [-0.15, -0.1) is 23.2 Å². The first-order valence-electron chi connectivity index (χ1n) is 9.01. The Labute approximate surface area is 182 Å². The molecule has 0 aromatic rings. The molecule has 0 aliphatic carbocycles. The van der Waals surface area contributed by atoms with Crippen LogP contribution in [0.4, 0.5) is 0 Å². The lowest BCUT2D eigenvalue weighted by atomic mass is 9.96. The topological polar surface area (TPSA) is 49.4 Å². The molecular formula is C20H41Cl3N2O2. The van der Waals surface area contributed by atoms with E-state index in [0.29, 0.717) is 0 Å². The highest BCUT2D eigenvalue weighted by Crippen LogP contribution is 2.24. The van der Waals surface area contributed by atoms with Crippen LogP contribution in [0.1, 0.15) is 83.1 Å². The zero-order valence-corrected chi connectivity index (χ0v) is 21.6. The number of hydrogen-bond donors (Lipinski definition) is 1. The maximum Gasteiger partial charge on any atom is 0.238 e. The molecule has 1 amide bonds. The average Bonchev–Trinajstić information content (AvgIpc) is 2.31. The molecule has 0 unspecified atom stereocenters. The Morgan fingerprint density at radius 2 is 0.963 bits per heavy atom. The summed E-state index contributed by atoms with van der Waals surface area (Å²) >= 11 is 15.1. The van der Waals surface area contributed by atoms with Gasteiger partial charge in [0.25, 0.3) is 0 Å². The van der Waals surface area contributed by atoms with E-state index < -0.39 is 5.24 Å². The fourth-order valence-electron chi connectivity index (χ4n) is 2.94. The van der Waals surface area contributed by atoms with Crippen molar-refractivity contribution in [2.75, 3.05) is 11.8 Å². The second-order valence-electron chi connectivity index (χ2n) is 10.3. The van der Waals surface area contributed by atoms with E-state index in [4.69, 9.17) is 34.8 Å². The van der Waals surface area contributed by atoms with Crippen molar-refractivity contribution in [1.82, 2.24) is 10.2 Å². The Morgan fingerprint density at radius 3 is 1.00 bits per heavy atom. The molecule has 164 valence electrons. The zero-order chi connectivity index (χ0) is 22.9. The van der Waals surface area contributed by atoms with Gasteiger partial charge in [-0.1, -0.05) is 0 Å². The van der Waals surface area contributed by atoms with Crippen molar-refractivity contribution in [2.45, 2.75) is 105 Å². The number of hydrogen-bond acceptors (Lipinski definition) is 3. The molecular weight excluding hydrogens is 407 g/mol. The molecule has 1 N–H and O–H groups in total. The number of nitrogens with zero attached hydrogens (tertiary/aromatic N) is 1. The average molecular weight is 448 g/mol.